The standard InChI is InChI=1S/C23H23O2/c1-4-24-21-15-8-6-12-18(21)19-14-10-11-17(3)23(19)20-13-7-9-16-22(20)25-5-2/h6-16H,3-5H2,1-2H3. The van der Waals surface area contributed by atoms with Crippen LogP contribution in [0.3, 0.4) is 0 Å². The van der Waals surface area contributed by atoms with E-state index in [1.54, 1.807) is 0 Å². The van der Waals surface area contributed by atoms with Crippen LogP contribution in [0.5, 0.6) is 11.5 Å². The minimum Gasteiger partial charge on any atom is -0.493 e. The van der Waals surface area contributed by atoms with Crippen molar-refractivity contribution in [3.05, 3.63) is 79.2 Å². The Labute approximate surface area is 150 Å². The lowest BCUT2D eigenvalue weighted by molar-refractivity contribution is 0.341. The molecule has 0 aliphatic heterocycles. The number of benzene rings is 3. The van der Waals surface area contributed by atoms with Crippen LogP contribution in [0, 0.1) is 6.92 Å². The second kappa shape index (κ2) is 7.89. The maximum Gasteiger partial charge on any atom is 0.127 e. The lowest BCUT2D eigenvalue weighted by Gasteiger charge is -2.18. The third kappa shape index (κ3) is 3.53. The Balaban J connectivity index is 2.24. The topological polar surface area (TPSA) is 18.5 Å². The fraction of sp³-hybridized carbons (Fsp3) is 0.174. The number of hydrogen-bond acceptors (Lipinski definition) is 2. The van der Waals surface area contributed by atoms with Crippen molar-refractivity contribution < 1.29 is 9.47 Å². The smallest absolute Gasteiger partial charge is 0.127 e. The molecule has 127 valence electrons. The molecule has 0 aliphatic rings. The molecule has 0 aromatic heterocycles. The van der Waals surface area contributed by atoms with Gasteiger partial charge in [0, 0.05) is 11.1 Å². The van der Waals surface area contributed by atoms with Crippen molar-refractivity contribution in [3.63, 3.8) is 0 Å². The molecular formula is C23H23O2. The molecule has 0 heterocycles. The Hall–Kier alpha value is -2.74. The van der Waals surface area contributed by atoms with E-state index in [4.69, 9.17) is 9.47 Å². The minimum atomic E-state index is 0.626. The molecular weight excluding hydrogens is 308 g/mol. The Morgan fingerprint density at radius 1 is 0.640 bits per heavy atom. The molecule has 25 heavy (non-hydrogen) atoms. The van der Waals surface area contributed by atoms with Gasteiger partial charge in [-0.15, -0.1) is 0 Å². The van der Waals surface area contributed by atoms with Gasteiger partial charge in [-0.3, -0.25) is 0 Å². The molecule has 0 atom stereocenters. The van der Waals surface area contributed by atoms with Gasteiger partial charge in [-0.05, 0) is 49.6 Å². The van der Waals surface area contributed by atoms with E-state index < -0.39 is 0 Å². The van der Waals surface area contributed by atoms with Gasteiger partial charge in [0.2, 0.25) is 0 Å². The molecule has 0 fully saturated rings. The SMILES string of the molecule is [CH2]c1cccc(-c2ccccc2OCC)c1-c1ccccc1OCC. The lowest BCUT2D eigenvalue weighted by Crippen LogP contribution is -1.98. The summed E-state index contributed by atoms with van der Waals surface area (Å²) >= 11 is 0. The summed E-state index contributed by atoms with van der Waals surface area (Å²) in [7, 11) is 0. The first-order chi connectivity index (χ1) is 12.3. The molecule has 3 rings (SSSR count). The van der Waals surface area contributed by atoms with Crippen LogP contribution in [0.2, 0.25) is 0 Å². The van der Waals surface area contributed by atoms with Crippen molar-refractivity contribution in [3.8, 4) is 33.8 Å². The summed E-state index contributed by atoms with van der Waals surface area (Å²) in [6.07, 6.45) is 0. The first-order valence-electron chi connectivity index (χ1n) is 8.65. The van der Waals surface area contributed by atoms with Gasteiger partial charge in [0.05, 0.1) is 13.2 Å². The highest BCUT2D eigenvalue weighted by Gasteiger charge is 2.16. The van der Waals surface area contributed by atoms with Crippen LogP contribution in [0.15, 0.2) is 66.7 Å². The molecule has 0 saturated carbocycles. The summed E-state index contributed by atoms with van der Waals surface area (Å²) in [6.45, 7) is 9.52. The zero-order valence-corrected chi connectivity index (χ0v) is 14.8. The summed E-state index contributed by atoms with van der Waals surface area (Å²) in [5, 5.41) is 0. The van der Waals surface area contributed by atoms with E-state index in [1.807, 2.05) is 62.4 Å². The van der Waals surface area contributed by atoms with Crippen LogP contribution >= 0.6 is 0 Å². The van der Waals surface area contributed by atoms with Crippen molar-refractivity contribution in [2.24, 2.45) is 0 Å². The average Bonchev–Trinajstić information content (AvgIpc) is 2.63. The van der Waals surface area contributed by atoms with Gasteiger partial charge in [0.15, 0.2) is 0 Å². The van der Waals surface area contributed by atoms with Gasteiger partial charge in [-0.25, -0.2) is 0 Å². The molecule has 2 heteroatoms. The Kier molecular flexibility index (Phi) is 5.39. The predicted molar refractivity (Wildman–Crippen MR) is 104 cm³/mol. The fourth-order valence-electron chi connectivity index (χ4n) is 3.07. The van der Waals surface area contributed by atoms with Gasteiger partial charge in [-0.1, -0.05) is 54.6 Å². The molecule has 0 spiro atoms. The molecule has 0 N–H and O–H groups in total. The monoisotopic (exact) mass is 331 g/mol. The second-order valence-corrected chi connectivity index (χ2v) is 5.70. The number of ether oxygens (including phenoxy) is 2. The molecule has 0 unspecified atom stereocenters. The van der Waals surface area contributed by atoms with Crippen LogP contribution in [-0.4, -0.2) is 13.2 Å². The van der Waals surface area contributed by atoms with Gasteiger partial charge in [0.25, 0.3) is 0 Å². The minimum absolute atomic E-state index is 0.626. The first-order valence-corrected chi connectivity index (χ1v) is 8.65. The van der Waals surface area contributed by atoms with E-state index in [-0.39, 0.29) is 0 Å². The van der Waals surface area contributed by atoms with Crippen LogP contribution in [-0.2, 0) is 0 Å². The number of para-hydroxylation sites is 2. The summed E-state index contributed by atoms with van der Waals surface area (Å²) in [5.74, 6) is 1.75. The van der Waals surface area contributed by atoms with Gasteiger partial charge in [-0.2, -0.15) is 0 Å². The third-order valence-electron chi connectivity index (χ3n) is 4.08. The summed E-state index contributed by atoms with van der Waals surface area (Å²) in [6, 6.07) is 22.4. The fourth-order valence-corrected chi connectivity index (χ4v) is 3.07. The van der Waals surface area contributed by atoms with Crippen LogP contribution in [0.1, 0.15) is 19.4 Å². The van der Waals surface area contributed by atoms with Crippen molar-refractivity contribution in [2.75, 3.05) is 13.2 Å². The highest BCUT2D eigenvalue weighted by molar-refractivity contribution is 5.90. The summed E-state index contributed by atoms with van der Waals surface area (Å²) in [4.78, 5) is 0. The zero-order chi connectivity index (χ0) is 17.6. The van der Waals surface area contributed by atoms with E-state index in [0.717, 1.165) is 39.3 Å². The zero-order valence-electron chi connectivity index (χ0n) is 14.8. The molecule has 2 nitrogen and oxygen atoms in total. The van der Waals surface area contributed by atoms with E-state index in [0.29, 0.717) is 13.2 Å². The molecule has 1 radical (unpaired) electrons. The van der Waals surface area contributed by atoms with Crippen LogP contribution < -0.4 is 9.47 Å². The molecule has 3 aromatic carbocycles. The van der Waals surface area contributed by atoms with Gasteiger partial charge >= 0.3 is 0 Å². The normalized spacial score (nSPS) is 10.5. The van der Waals surface area contributed by atoms with Gasteiger partial charge < -0.3 is 9.47 Å². The average molecular weight is 331 g/mol. The first kappa shape index (κ1) is 17.1. The van der Waals surface area contributed by atoms with E-state index in [9.17, 15) is 0 Å². The lowest BCUT2D eigenvalue weighted by atomic mass is 9.90. The quantitative estimate of drug-likeness (QED) is 0.551. The highest BCUT2D eigenvalue weighted by atomic mass is 16.5. The number of hydrogen-bond donors (Lipinski definition) is 0. The van der Waals surface area contributed by atoms with E-state index >= 15 is 0 Å². The Morgan fingerprint density at radius 2 is 1.16 bits per heavy atom. The highest BCUT2D eigenvalue weighted by Crippen LogP contribution is 2.42. The van der Waals surface area contributed by atoms with Crippen molar-refractivity contribution >= 4 is 0 Å². The summed E-state index contributed by atoms with van der Waals surface area (Å²) < 4.78 is 11.7. The van der Waals surface area contributed by atoms with Crippen molar-refractivity contribution in [2.45, 2.75) is 13.8 Å². The molecule has 0 saturated heterocycles. The predicted octanol–water partition coefficient (Wildman–Crippen LogP) is 6.00. The van der Waals surface area contributed by atoms with Crippen molar-refractivity contribution in [1.82, 2.24) is 0 Å². The Bertz CT molecular complexity index is 852. The molecule has 3 aromatic rings. The maximum absolute atomic E-state index is 5.86. The number of rotatable bonds is 6. The van der Waals surface area contributed by atoms with Gasteiger partial charge in [0.1, 0.15) is 11.5 Å². The summed E-state index contributed by atoms with van der Waals surface area (Å²) in [5.41, 5.74) is 5.27. The third-order valence-corrected chi connectivity index (χ3v) is 4.08. The largest absolute Gasteiger partial charge is 0.493 e. The Morgan fingerprint density at radius 3 is 1.80 bits per heavy atom. The molecule has 0 aliphatic carbocycles. The molecule has 0 amide bonds. The van der Waals surface area contributed by atoms with Crippen molar-refractivity contribution in [1.29, 1.82) is 0 Å². The van der Waals surface area contributed by atoms with Crippen LogP contribution in [0.4, 0.5) is 0 Å². The second-order valence-electron chi connectivity index (χ2n) is 5.70. The van der Waals surface area contributed by atoms with E-state index in [1.165, 1.54) is 0 Å². The maximum atomic E-state index is 5.86. The molecule has 0 bridgehead atoms. The van der Waals surface area contributed by atoms with Crippen LogP contribution in [0.25, 0.3) is 22.3 Å². The van der Waals surface area contributed by atoms with E-state index in [2.05, 4.69) is 25.1 Å².